The Morgan fingerprint density at radius 3 is 1.40 bits per heavy atom. The van der Waals surface area contributed by atoms with Crippen LogP contribution in [-0.4, -0.2) is 15.0 Å². The molecule has 0 amide bonds. The van der Waals surface area contributed by atoms with Crippen LogP contribution in [0.5, 0.6) is 0 Å². The molecule has 1 aromatic heterocycles. The SMILES string of the molecule is c1ccc(-c2cccc(-c3nc(-c4ccc(-c5ccc6c(c5)-c5ccccc5C65c6ccccc6-c6ccccc65)c(-c5ccccc5)c4)nc(-c4cccc5ccccc45)n3)c2)cc1. The van der Waals surface area contributed by atoms with Gasteiger partial charge in [-0.25, -0.2) is 15.0 Å². The van der Waals surface area contributed by atoms with Gasteiger partial charge in [0.05, 0.1) is 5.41 Å². The zero-order chi connectivity index (χ0) is 42.9. The average Bonchev–Trinajstić information content (AvgIpc) is 3.86. The highest BCUT2D eigenvalue weighted by molar-refractivity contribution is 5.98. The molecule has 0 bridgehead atoms. The molecular weight excluding hydrogens is 787 g/mol. The molecule has 1 heterocycles. The van der Waals surface area contributed by atoms with Gasteiger partial charge in [-0.3, -0.25) is 0 Å². The number of benzene rings is 10. The van der Waals surface area contributed by atoms with Crippen molar-refractivity contribution in [3.8, 4) is 89.8 Å². The molecule has 2 aliphatic carbocycles. The van der Waals surface area contributed by atoms with E-state index in [2.05, 4.69) is 231 Å². The van der Waals surface area contributed by atoms with Crippen LogP contribution in [0.15, 0.2) is 237 Å². The van der Waals surface area contributed by atoms with E-state index in [-0.39, 0.29) is 5.41 Å². The van der Waals surface area contributed by atoms with Gasteiger partial charge in [-0.1, -0.05) is 218 Å². The lowest BCUT2D eigenvalue weighted by molar-refractivity contribution is 0.794. The second-order valence-corrected chi connectivity index (χ2v) is 17.1. The van der Waals surface area contributed by atoms with Crippen LogP contribution in [0.2, 0.25) is 0 Å². The first kappa shape index (κ1) is 37.1. The van der Waals surface area contributed by atoms with Gasteiger partial charge in [-0.15, -0.1) is 0 Å². The molecular formula is C62H39N3. The Balaban J connectivity index is 0.998. The molecule has 0 fully saturated rings. The lowest BCUT2D eigenvalue weighted by atomic mass is 9.70. The standard InChI is InChI=1S/C62H39N3/c1-3-17-40(18-4-1)43-23-15-24-45(37-43)59-63-60(65-61(64-59)52-29-16-22-41-21-7-8-25-47(41)52)46-33-35-48(53(39-46)42-19-5-2-6-20-42)44-34-36-58-54(38-44)51-28-11-14-32-57(51)62(58)55-30-12-9-26-49(55)50-27-10-13-31-56(50)62/h1-39H. The van der Waals surface area contributed by atoms with Crippen LogP contribution in [0, 0.1) is 0 Å². The molecule has 2 aliphatic rings. The van der Waals surface area contributed by atoms with Crippen LogP contribution in [0.25, 0.3) is 101 Å². The zero-order valence-electron chi connectivity index (χ0n) is 35.4. The smallest absolute Gasteiger partial charge is 0.164 e. The minimum absolute atomic E-state index is 0.386. The van der Waals surface area contributed by atoms with Crippen LogP contribution in [0.3, 0.4) is 0 Å². The highest BCUT2D eigenvalue weighted by Gasteiger charge is 2.51. The van der Waals surface area contributed by atoms with Crippen LogP contribution < -0.4 is 0 Å². The quantitative estimate of drug-likeness (QED) is 0.168. The molecule has 13 rings (SSSR count). The molecule has 1 spiro atoms. The van der Waals surface area contributed by atoms with Crippen LogP contribution in [0.1, 0.15) is 22.3 Å². The Labute approximate surface area is 378 Å². The van der Waals surface area contributed by atoms with Gasteiger partial charge in [-0.05, 0) is 107 Å². The maximum Gasteiger partial charge on any atom is 0.164 e. The molecule has 302 valence electrons. The molecule has 0 saturated carbocycles. The van der Waals surface area contributed by atoms with E-state index in [4.69, 9.17) is 15.0 Å². The third kappa shape index (κ3) is 5.79. The van der Waals surface area contributed by atoms with Gasteiger partial charge in [0.15, 0.2) is 17.5 Å². The molecule has 0 atom stereocenters. The van der Waals surface area contributed by atoms with Crippen molar-refractivity contribution < 1.29 is 0 Å². The fourth-order valence-corrected chi connectivity index (χ4v) is 10.7. The Morgan fingerprint density at radius 1 is 0.231 bits per heavy atom. The van der Waals surface area contributed by atoms with E-state index in [1.165, 1.54) is 44.5 Å². The van der Waals surface area contributed by atoms with Crippen LogP contribution in [0.4, 0.5) is 0 Å². The molecule has 0 aliphatic heterocycles. The van der Waals surface area contributed by atoms with Gasteiger partial charge in [-0.2, -0.15) is 0 Å². The van der Waals surface area contributed by atoms with Crippen molar-refractivity contribution in [2.24, 2.45) is 0 Å². The molecule has 3 heteroatoms. The van der Waals surface area contributed by atoms with E-state index in [0.717, 1.165) is 60.8 Å². The number of nitrogens with zero attached hydrogens (tertiary/aromatic N) is 3. The summed E-state index contributed by atoms with van der Waals surface area (Å²) in [5, 5.41) is 2.24. The predicted molar refractivity (Wildman–Crippen MR) is 266 cm³/mol. The van der Waals surface area contributed by atoms with Crippen molar-refractivity contribution in [1.29, 1.82) is 0 Å². The summed E-state index contributed by atoms with van der Waals surface area (Å²) < 4.78 is 0. The van der Waals surface area contributed by atoms with Gasteiger partial charge in [0.1, 0.15) is 0 Å². The normalized spacial score (nSPS) is 12.7. The minimum Gasteiger partial charge on any atom is -0.208 e. The summed E-state index contributed by atoms with van der Waals surface area (Å²) in [4.78, 5) is 15.8. The third-order valence-electron chi connectivity index (χ3n) is 13.6. The maximum absolute atomic E-state index is 5.29. The fraction of sp³-hybridized carbons (Fsp3) is 0.0161. The summed E-state index contributed by atoms with van der Waals surface area (Å²) in [6, 6.07) is 85.2. The van der Waals surface area contributed by atoms with Crippen molar-refractivity contribution >= 4 is 10.8 Å². The van der Waals surface area contributed by atoms with Crippen LogP contribution in [-0.2, 0) is 5.41 Å². The maximum atomic E-state index is 5.29. The summed E-state index contributed by atoms with van der Waals surface area (Å²) in [7, 11) is 0. The predicted octanol–water partition coefficient (Wildman–Crippen LogP) is 15.4. The van der Waals surface area contributed by atoms with E-state index in [0.29, 0.717) is 17.5 Å². The van der Waals surface area contributed by atoms with Crippen molar-refractivity contribution in [1.82, 2.24) is 15.0 Å². The third-order valence-corrected chi connectivity index (χ3v) is 13.6. The number of aromatic nitrogens is 3. The van der Waals surface area contributed by atoms with E-state index in [9.17, 15) is 0 Å². The van der Waals surface area contributed by atoms with Crippen molar-refractivity contribution in [2.75, 3.05) is 0 Å². The highest BCUT2D eigenvalue weighted by Crippen LogP contribution is 2.63. The van der Waals surface area contributed by atoms with Crippen LogP contribution >= 0.6 is 0 Å². The fourth-order valence-electron chi connectivity index (χ4n) is 10.7. The van der Waals surface area contributed by atoms with Crippen molar-refractivity contribution in [3.05, 3.63) is 259 Å². The van der Waals surface area contributed by atoms with E-state index < -0.39 is 0 Å². The number of rotatable bonds is 6. The molecule has 11 aromatic rings. The monoisotopic (exact) mass is 825 g/mol. The molecule has 3 nitrogen and oxygen atoms in total. The summed E-state index contributed by atoms with van der Waals surface area (Å²) in [6.07, 6.45) is 0. The first-order valence-corrected chi connectivity index (χ1v) is 22.3. The van der Waals surface area contributed by atoms with E-state index >= 15 is 0 Å². The molecule has 0 saturated heterocycles. The van der Waals surface area contributed by atoms with Gasteiger partial charge < -0.3 is 0 Å². The second kappa shape index (κ2) is 14.8. The zero-order valence-corrected chi connectivity index (χ0v) is 35.4. The summed E-state index contributed by atoms with van der Waals surface area (Å²) in [5.41, 5.74) is 19.8. The molecule has 0 unspecified atom stereocenters. The first-order chi connectivity index (χ1) is 32.2. The summed E-state index contributed by atoms with van der Waals surface area (Å²) in [5.74, 6) is 1.89. The van der Waals surface area contributed by atoms with E-state index in [1.807, 2.05) is 6.07 Å². The Morgan fingerprint density at radius 2 is 0.692 bits per heavy atom. The Kier molecular flexibility index (Phi) is 8.44. The van der Waals surface area contributed by atoms with Crippen molar-refractivity contribution in [2.45, 2.75) is 5.41 Å². The lowest BCUT2D eigenvalue weighted by Gasteiger charge is -2.30. The molecule has 0 N–H and O–H groups in total. The lowest BCUT2D eigenvalue weighted by Crippen LogP contribution is -2.25. The van der Waals surface area contributed by atoms with Crippen molar-refractivity contribution in [3.63, 3.8) is 0 Å². The number of hydrogen-bond donors (Lipinski definition) is 0. The summed E-state index contributed by atoms with van der Waals surface area (Å²) in [6.45, 7) is 0. The largest absolute Gasteiger partial charge is 0.208 e. The molecule has 0 radical (unpaired) electrons. The number of hydrogen-bond acceptors (Lipinski definition) is 3. The van der Waals surface area contributed by atoms with Gasteiger partial charge in [0, 0.05) is 16.7 Å². The molecule has 65 heavy (non-hydrogen) atoms. The first-order valence-electron chi connectivity index (χ1n) is 22.3. The minimum atomic E-state index is -0.386. The molecule has 10 aromatic carbocycles. The summed E-state index contributed by atoms with van der Waals surface area (Å²) >= 11 is 0. The topological polar surface area (TPSA) is 38.7 Å². The highest BCUT2D eigenvalue weighted by atomic mass is 15.0. The second-order valence-electron chi connectivity index (χ2n) is 17.1. The van der Waals surface area contributed by atoms with Gasteiger partial charge >= 0.3 is 0 Å². The number of fused-ring (bicyclic) bond motifs is 11. The Bertz CT molecular complexity index is 3620. The average molecular weight is 826 g/mol. The Hall–Kier alpha value is -8.53. The van der Waals surface area contributed by atoms with Gasteiger partial charge in [0.2, 0.25) is 0 Å². The van der Waals surface area contributed by atoms with Gasteiger partial charge in [0.25, 0.3) is 0 Å². The van der Waals surface area contributed by atoms with E-state index in [1.54, 1.807) is 0 Å².